The molecule has 22 heavy (non-hydrogen) atoms. The number of hydrogen-bond donors (Lipinski definition) is 3. The van der Waals surface area contributed by atoms with Gasteiger partial charge >= 0.3 is 0 Å². The van der Waals surface area contributed by atoms with E-state index in [1.165, 1.54) is 12.8 Å². The van der Waals surface area contributed by atoms with Crippen molar-refractivity contribution >= 4 is 12.6 Å². The average Bonchev–Trinajstić information content (AvgIpc) is 3.01. The molecule has 0 aromatic heterocycles. The van der Waals surface area contributed by atoms with Gasteiger partial charge in [0.1, 0.15) is 0 Å². The van der Waals surface area contributed by atoms with Crippen LogP contribution in [0.2, 0.25) is 0 Å². The van der Waals surface area contributed by atoms with Crippen molar-refractivity contribution in [3.8, 4) is 0 Å². The predicted molar refractivity (Wildman–Crippen MR) is 94.7 cm³/mol. The van der Waals surface area contributed by atoms with Crippen LogP contribution in [0.15, 0.2) is 0 Å². The Labute approximate surface area is 141 Å². The molecular weight excluding hydrogens is 296 g/mol. The molecule has 2 heterocycles. The molecular formula is C17H34N2O2S. The lowest BCUT2D eigenvalue weighted by atomic mass is 9.96. The Balaban J connectivity index is 1.62. The molecule has 5 atom stereocenters. The van der Waals surface area contributed by atoms with Crippen molar-refractivity contribution < 1.29 is 9.47 Å². The lowest BCUT2D eigenvalue weighted by molar-refractivity contribution is 0.0604. The van der Waals surface area contributed by atoms with Gasteiger partial charge in [0.15, 0.2) is 0 Å². The van der Waals surface area contributed by atoms with Gasteiger partial charge in [-0.3, -0.25) is 0 Å². The first-order valence-corrected chi connectivity index (χ1v) is 9.42. The maximum atomic E-state index is 6.03. The van der Waals surface area contributed by atoms with Gasteiger partial charge in [0.05, 0.1) is 25.4 Å². The van der Waals surface area contributed by atoms with E-state index < -0.39 is 0 Å². The standard InChI is InChI=1S/C17H34N2O2S/c1-12(2)5-4-6-18-8-14-10-20-17-15(11-21-16(14)17)9-19-7-13(3)22/h12-19,22H,4-11H2,1-3H3. The molecule has 2 N–H and O–H groups in total. The highest BCUT2D eigenvalue weighted by molar-refractivity contribution is 7.80. The van der Waals surface area contributed by atoms with E-state index in [0.29, 0.717) is 17.1 Å². The van der Waals surface area contributed by atoms with Crippen molar-refractivity contribution in [2.24, 2.45) is 17.8 Å². The van der Waals surface area contributed by atoms with Crippen LogP contribution in [0.25, 0.3) is 0 Å². The zero-order valence-corrected chi connectivity index (χ0v) is 15.3. The van der Waals surface area contributed by atoms with E-state index in [9.17, 15) is 0 Å². The van der Waals surface area contributed by atoms with Crippen molar-refractivity contribution in [1.29, 1.82) is 0 Å². The number of thiol groups is 1. The molecule has 130 valence electrons. The first kappa shape index (κ1) is 18.5. The Morgan fingerprint density at radius 1 is 1.00 bits per heavy atom. The molecule has 2 saturated heterocycles. The van der Waals surface area contributed by atoms with Crippen molar-refractivity contribution in [2.45, 2.75) is 51.1 Å². The predicted octanol–water partition coefficient (Wildman–Crippen LogP) is 1.95. The Bertz CT molecular complexity index is 315. The molecule has 0 aromatic rings. The quantitative estimate of drug-likeness (QED) is 0.423. The third-order valence-corrected chi connectivity index (χ3v) is 4.83. The van der Waals surface area contributed by atoms with Gasteiger partial charge in [0, 0.05) is 36.7 Å². The lowest BCUT2D eigenvalue weighted by Crippen LogP contribution is -2.36. The molecule has 0 amide bonds. The SMILES string of the molecule is CC(C)CCCNCC1COC2C(CNCC(C)S)COC12. The van der Waals surface area contributed by atoms with Gasteiger partial charge in [0.25, 0.3) is 0 Å². The van der Waals surface area contributed by atoms with E-state index in [0.717, 1.165) is 45.3 Å². The van der Waals surface area contributed by atoms with Crippen LogP contribution in [0.1, 0.15) is 33.6 Å². The van der Waals surface area contributed by atoms with Crippen LogP contribution in [0.3, 0.4) is 0 Å². The third-order valence-electron chi connectivity index (χ3n) is 4.65. The second kappa shape index (κ2) is 9.48. The normalized spacial score (nSPS) is 32.6. The van der Waals surface area contributed by atoms with Gasteiger partial charge in [-0.2, -0.15) is 12.6 Å². The highest BCUT2D eigenvalue weighted by Gasteiger charge is 2.46. The monoisotopic (exact) mass is 330 g/mol. The summed E-state index contributed by atoms with van der Waals surface area (Å²) in [6.45, 7) is 12.4. The summed E-state index contributed by atoms with van der Waals surface area (Å²) in [4.78, 5) is 0. The minimum Gasteiger partial charge on any atom is -0.375 e. The molecule has 5 heteroatoms. The Morgan fingerprint density at radius 3 is 2.14 bits per heavy atom. The van der Waals surface area contributed by atoms with Gasteiger partial charge < -0.3 is 20.1 Å². The Morgan fingerprint density at radius 2 is 1.59 bits per heavy atom. The lowest BCUT2D eigenvalue weighted by Gasteiger charge is -2.18. The third kappa shape index (κ3) is 5.68. The van der Waals surface area contributed by atoms with Crippen LogP contribution < -0.4 is 10.6 Å². The molecule has 0 bridgehead atoms. The summed E-state index contributed by atoms with van der Waals surface area (Å²) in [7, 11) is 0. The molecule has 2 aliphatic rings. The smallest absolute Gasteiger partial charge is 0.0903 e. The zero-order chi connectivity index (χ0) is 15.9. The fourth-order valence-electron chi connectivity index (χ4n) is 3.41. The summed E-state index contributed by atoms with van der Waals surface area (Å²) in [5.41, 5.74) is 0. The Hall–Kier alpha value is 0.190. The molecule has 2 rings (SSSR count). The summed E-state index contributed by atoms with van der Waals surface area (Å²) in [6, 6.07) is 0. The minimum atomic E-state index is 0.283. The molecule has 5 unspecified atom stereocenters. The highest BCUT2D eigenvalue weighted by atomic mass is 32.1. The van der Waals surface area contributed by atoms with Gasteiger partial charge in [-0.25, -0.2) is 0 Å². The molecule has 2 aliphatic heterocycles. The maximum Gasteiger partial charge on any atom is 0.0903 e. The van der Waals surface area contributed by atoms with Crippen LogP contribution in [-0.2, 0) is 9.47 Å². The summed E-state index contributed by atoms with van der Waals surface area (Å²) >= 11 is 4.40. The van der Waals surface area contributed by atoms with E-state index in [2.05, 4.69) is 44.0 Å². The van der Waals surface area contributed by atoms with Gasteiger partial charge in [-0.05, 0) is 25.3 Å². The van der Waals surface area contributed by atoms with Gasteiger partial charge in [-0.1, -0.05) is 20.8 Å². The average molecular weight is 331 g/mol. The zero-order valence-electron chi connectivity index (χ0n) is 14.4. The van der Waals surface area contributed by atoms with Crippen LogP contribution in [0.5, 0.6) is 0 Å². The molecule has 0 radical (unpaired) electrons. The van der Waals surface area contributed by atoms with Gasteiger partial charge in [-0.15, -0.1) is 0 Å². The molecule has 0 spiro atoms. The summed E-state index contributed by atoms with van der Waals surface area (Å²) < 4.78 is 12.1. The maximum absolute atomic E-state index is 6.03. The van der Waals surface area contributed by atoms with E-state index in [4.69, 9.17) is 9.47 Å². The number of ether oxygens (including phenoxy) is 2. The van der Waals surface area contributed by atoms with Crippen molar-refractivity contribution in [3.63, 3.8) is 0 Å². The van der Waals surface area contributed by atoms with E-state index >= 15 is 0 Å². The van der Waals surface area contributed by atoms with E-state index in [1.807, 2.05) is 0 Å². The topological polar surface area (TPSA) is 42.5 Å². The van der Waals surface area contributed by atoms with Crippen LogP contribution in [0, 0.1) is 17.8 Å². The number of fused-ring (bicyclic) bond motifs is 1. The summed E-state index contributed by atoms with van der Waals surface area (Å²) in [5, 5.41) is 7.45. The van der Waals surface area contributed by atoms with Gasteiger partial charge in [0.2, 0.25) is 0 Å². The van der Waals surface area contributed by atoms with Crippen molar-refractivity contribution in [3.05, 3.63) is 0 Å². The second-order valence-electron chi connectivity index (χ2n) is 7.36. The van der Waals surface area contributed by atoms with Crippen molar-refractivity contribution in [2.75, 3.05) is 39.4 Å². The fraction of sp³-hybridized carbons (Fsp3) is 1.00. The van der Waals surface area contributed by atoms with Crippen LogP contribution in [-0.4, -0.2) is 56.9 Å². The molecule has 2 fully saturated rings. The summed E-state index contributed by atoms with van der Waals surface area (Å²) in [5.74, 6) is 1.80. The molecule has 4 nitrogen and oxygen atoms in total. The van der Waals surface area contributed by atoms with Crippen LogP contribution >= 0.6 is 12.6 Å². The first-order valence-electron chi connectivity index (χ1n) is 8.90. The highest BCUT2D eigenvalue weighted by Crippen LogP contribution is 2.34. The fourth-order valence-corrected chi connectivity index (χ4v) is 3.54. The molecule has 0 saturated carbocycles. The summed E-state index contributed by atoms with van der Waals surface area (Å²) in [6.07, 6.45) is 3.13. The minimum absolute atomic E-state index is 0.283. The second-order valence-corrected chi connectivity index (χ2v) is 8.25. The van der Waals surface area contributed by atoms with E-state index in [1.54, 1.807) is 0 Å². The molecule has 0 aliphatic carbocycles. The van der Waals surface area contributed by atoms with Crippen molar-refractivity contribution in [1.82, 2.24) is 10.6 Å². The van der Waals surface area contributed by atoms with E-state index in [-0.39, 0.29) is 12.2 Å². The number of hydrogen-bond acceptors (Lipinski definition) is 5. The number of nitrogens with one attached hydrogen (secondary N) is 2. The number of rotatable bonds is 10. The van der Waals surface area contributed by atoms with Crippen LogP contribution in [0.4, 0.5) is 0 Å². The Kier molecular flexibility index (Phi) is 7.98. The first-order chi connectivity index (χ1) is 10.6. The largest absolute Gasteiger partial charge is 0.375 e. The molecule has 0 aromatic carbocycles.